The molecule has 0 atom stereocenters. The number of carboxylic acid groups (broad SMARTS) is 1. The fourth-order valence-electron chi connectivity index (χ4n) is 0.536. The summed E-state index contributed by atoms with van der Waals surface area (Å²) < 4.78 is 0. The molecule has 0 aliphatic heterocycles. The third-order valence-corrected chi connectivity index (χ3v) is 1.53. The van der Waals surface area contributed by atoms with E-state index in [1.807, 2.05) is 19.3 Å². The summed E-state index contributed by atoms with van der Waals surface area (Å²) in [6.07, 6.45) is 4.10. The minimum absolute atomic E-state index is 0.167. The number of hydrogen-bond donors (Lipinski definition) is 1. The maximum atomic E-state index is 10.1. The molecule has 0 saturated heterocycles. The molecule has 3 heteroatoms. The monoisotopic (exact) mass is 160 g/mol. The summed E-state index contributed by atoms with van der Waals surface area (Å²) in [5.41, 5.74) is 0.932. The van der Waals surface area contributed by atoms with Crippen molar-refractivity contribution in [2.45, 2.75) is 13.3 Å². The molecule has 0 amide bonds. The minimum atomic E-state index is -0.755. The van der Waals surface area contributed by atoms with E-state index in [1.54, 1.807) is 11.8 Å². The molecule has 0 aromatic carbocycles. The van der Waals surface area contributed by atoms with E-state index in [9.17, 15) is 4.79 Å². The van der Waals surface area contributed by atoms with Gasteiger partial charge in [-0.2, -0.15) is 11.8 Å². The highest BCUT2D eigenvalue weighted by molar-refractivity contribution is 7.98. The zero-order valence-electron chi connectivity index (χ0n) is 6.26. The molecule has 0 radical (unpaired) electrons. The molecular weight excluding hydrogens is 148 g/mol. The second-order valence-electron chi connectivity index (χ2n) is 2.08. The Kier molecular flexibility index (Phi) is 5.12. The lowest BCUT2D eigenvalue weighted by Gasteiger charge is -1.93. The highest BCUT2D eigenvalue weighted by atomic mass is 32.2. The van der Waals surface area contributed by atoms with Gasteiger partial charge in [0.1, 0.15) is 0 Å². The molecule has 0 heterocycles. The van der Waals surface area contributed by atoms with Crippen molar-refractivity contribution in [2.24, 2.45) is 0 Å². The molecule has 0 fully saturated rings. The Hall–Kier alpha value is -0.440. The second kappa shape index (κ2) is 5.35. The Morgan fingerprint density at radius 1 is 1.70 bits per heavy atom. The lowest BCUT2D eigenvalue weighted by molar-refractivity contribution is -0.136. The van der Waals surface area contributed by atoms with Crippen molar-refractivity contribution in [3.05, 3.63) is 11.6 Å². The van der Waals surface area contributed by atoms with Crippen molar-refractivity contribution in [3.8, 4) is 0 Å². The van der Waals surface area contributed by atoms with Crippen molar-refractivity contribution in [1.29, 1.82) is 0 Å². The first-order valence-corrected chi connectivity index (χ1v) is 4.42. The Morgan fingerprint density at radius 3 is 2.70 bits per heavy atom. The van der Waals surface area contributed by atoms with Crippen molar-refractivity contribution in [3.63, 3.8) is 0 Å². The number of carbonyl (C=O) groups is 1. The van der Waals surface area contributed by atoms with Crippen LogP contribution < -0.4 is 0 Å². The lowest BCUT2D eigenvalue weighted by Crippen LogP contribution is -1.94. The maximum absolute atomic E-state index is 10.1. The van der Waals surface area contributed by atoms with E-state index in [-0.39, 0.29) is 6.42 Å². The van der Waals surface area contributed by atoms with Gasteiger partial charge in [-0.3, -0.25) is 4.79 Å². The summed E-state index contributed by atoms with van der Waals surface area (Å²) in [6, 6.07) is 0. The topological polar surface area (TPSA) is 37.3 Å². The lowest BCUT2D eigenvalue weighted by atomic mass is 10.2. The molecule has 0 aliphatic carbocycles. The van der Waals surface area contributed by atoms with E-state index in [4.69, 9.17) is 5.11 Å². The van der Waals surface area contributed by atoms with Gasteiger partial charge in [-0.05, 0) is 13.2 Å². The molecule has 10 heavy (non-hydrogen) atoms. The molecule has 2 nitrogen and oxygen atoms in total. The fraction of sp³-hybridized carbons (Fsp3) is 0.571. The van der Waals surface area contributed by atoms with Crippen molar-refractivity contribution in [1.82, 2.24) is 0 Å². The SMILES string of the molecule is CSC/C=C(/C)CC(=O)O. The molecule has 1 N–H and O–H groups in total. The van der Waals surface area contributed by atoms with Crippen LogP contribution in [0.15, 0.2) is 11.6 Å². The first-order chi connectivity index (χ1) is 4.66. The third kappa shape index (κ3) is 5.69. The van der Waals surface area contributed by atoms with Gasteiger partial charge in [0.25, 0.3) is 0 Å². The molecule has 58 valence electrons. The summed E-state index contributed by atoms with van der Waals surface area (Å²) in [7, 11) is 0. The van der Waals surface area contributed by atoms with Crippen LogP contribution in [-0.4, -0.2) is 23.1 Å². The van der Waals surface area contributed by atoms with Crippen LogP contribution in [0, 0.1) is 0 Å². The van der Waals surface area contributed by atoms with Crippen LogP contribution in [-0.2, 0) is 4.79 Å². The number of hydrogen-bond acceptors (Lipinski definition) is 2. The summed E-state index contributed by atoms with van der Waals surface area (Å²) >= 11 is 1.69. The van der Waals surface area contributed by atoms with Gasteiger partial charge in [0.15, 0.2) is 0 Å². The van der Waals surface area contributed by atoms with Gasteiger partial charge in [-0.1, -0.05) is 11.6 Å². The summed E-state index contributed by atoms with van der Waals surface area (Å²) in [5.74, 6) is 0.147. The highest BCUT2D eigenvalue weighted by Crippen LogP contribution is 2.02. The van der Waals surface area contributed by atoms with Crippen LogP contribution in [0.2, 0.25) is 0 Å². The van der Waals surface area contributed by atoms with Gasteiger partial charge in [-0.15, -0.1) is 0 Å². The van der Waals surface area contributed by atoms with Gasteiger partial charge in [0, 0.05) is 5.75 Å². The first kappa shape index (κ1) is 9.56. The largest absolute Gasteiger partial charge is 0.481 e. The Labute approximate surface area is 65.3 Å². The Balaban J connectivity index is 3.59. The van der Waals surface area contributed by atoms with Crippen LogP contribution in [0.1, 0.15) is 13.3 Å². The average molecular weight is 160 g/mol. The number of carboxylic acids is 1. The van der Waals surface area contributed by atoms with E-state index in [0.717, 1.165) is 11.3 Å². The standard InChI is InChI=1S/C7H12O2S/c1-6(3-4-10-2)5-7(8)9/h3H,4-5H2,1-2H3,(H,8,9)/b6-3-. The zero-order valence-corrected chi connectivity index (χ0v) is 7.07. The van der Waals surface area contributed by atoms with E-state index in [1.165, 1.54) is 0 Å². The third-order valence-electron chi connectivity index (χ3n) is 1.03. The predicted molar refractivity (Wildman–Crippen MR) is 44.4 cm³/mol. The van der Waals surface area contributed by atoms with Gasteiger partial charge in [-0.25, -0.2) is 0 Å². The molecule has 0 aromatic rings. The first-order valence-electron chi connectivity index (χ1n) is 3.03. The molecule has 0 unspecified atom stereocenters. The Morgan fingerprint density at radius 2 is 2.30 bits per heavy atom. The highest BCUT2D eigenvalue weighted by Gasteiger charge is 1.96. The van der Waals surface area contributed by atoms with Crippen LogP contribution in [0.4, 0.5) is 0 Å². The molecule has 0 rings (SSSR count). The molecule has 0 bridgehead atoms. The van der Waals surface area contributed by atoms with E-state index in [0.29, 0.717) is 0 Å². The number of rotatable bonds is 4. The molecule has 0 aliphatic rings. The minimum Gasteiger partial charge on any atom is -0.481 e. The Bertz CT molecular complexity index is 141. The van der Waals surface area contributed by atoms with E-state index in [2.05, 4.69) is 0 Å². The molecule has 0 aromatic heterocycles. The second-order valence-corrected chi connectivity index (χ2v) is 2.99. The van der Waals surface area contributed by atoms with Gasteiger partial charge in [0.05, 0.1) is 6.42 Å². The normalized spacial score (nSPS) is 11.6. The number of aliphatic carboxylic acids is 1. The smallest absolute Gasteiger partial charge is 0.307 e. The molecular formula is C7H12O2S. The average Bonchev–Trinajstić information content (AvgIpc) is 1.82. The van der Waals surface area contributed by atoms with Crippen molar-refractivity contribution >= 4 is 17.7 Å². The van der Waals surface area contributed by atoms with E-state index >= 15 is 0 Å². The molecule has 0 spiro atoms. The molecule has 0 saturated carbocycles. The summed E-state index contributed by atoms with van der Waals surface area (Å²) in [5, 5.41) is 8.34. The van der Waals surface area contributed by atoms with Crippen LogP contribution >= 0.6 is 11.8 Å². The van der Waals surface area contributed by atoms with Gasteiger partial charge >= 0.3 is 5.97 Å². The van der Waals surface area contributed by atoms with Gasteiger partial charge in [0.2, 0.25) is 0 Å². The maximum Gasteiger partial charge on any atom is 0.307 e. The summed E-state index contributed by atoms with van der Waals surface area (Å²) in [6.45, 7) is 1.84. The zero-order chi connectivity index (χ0) is 7.98. The van der Waals surface area contributed by atoms with Gasteiger partial charge < -0.3 is 5.11 Å². The van der Waals surface area contributed by atoms with E-state index < -0.39 is 5.97 Å². The van der Waals surface area contributed by atoms with Crippen molar-refractivity contribution in [2.75, 3.05) is 12.0 Å². The van der Waals surface area contributed by atoms with Crippen LogP contribution in [0.5, 0.6) is 0 Å². The van der Waals surface area contributed by atoms with Crippen LogP contribution in [0.3, 0.4) is 0 Å². The fourth-order valence-corrected chi connectivity index (χ4v) is 0.987. The number of thioether (sulfide) groups is 1. The quantitative estimate of drug-likeness (QED) is 0.637. The summed E-state index contributed by atoms with van der Waals surface area (Å²) in [4.78, 5) is 10.1. The van der Waals surface area contributed by atoms with Crippen LogP contribution in [0.25, 0.3) is 0 Å². The predicted octanol–water partition coefficient (Wildman–Crippen LogP) is 1.77. The van der Waals surface area contributed by atoms with Crippen molar-refractivity contribution < 1.29 is 9.90 Å².